The van der Waals surface area contributed by atoms with Crippen LogP contribution in [0.5, 0.6) is 0 Å². The third kappa shape index (κ3) is 3.58. The number of hydrogen-bond acceptors (Lipinski definition) is 3. The molecule has 1 aliphatic heterocycles. The Bertz CT molecular complexity index is 1350. The molecule has 5 rings (SSSR count). The van der Waals surface area contributed by atoms with Gasteiger partial charge < -0.3 is 10.2 Å². The van der Waals surface area contributed by atoms with Crippen LogP contribution in [0.1, 0.15) is 18.1 Å². The Morgan fingerprint density at radius 2 is 1.59 bits per heavy atom. The Labute approximate surface area is 186 Å². The smallest absolute Gasteiger partial charge is 0.329 e. The highest BCUT2D eigenvalue weighted by atomic mass is 16.2. The largest absolute Gasteiger partial charge is 0.367 e. The topological polar surface area (TPSA) is 59.3 Å². The number of para-hydroxylation sites is 4. The van der Waals surface area contributed by atoms with Gasteiger partial charge >= 0.3 is 5.69 Å². The number of aryl methyl sites for hydroxylation is 1. The van der Waals surface area contributed by atoms with Crippen molar-refractivity contribution in [2.24, 2.45) is 0 Å². The van der Waals surface area contributed by atoms with E-state index in [4.69, 9.17) is 0 Å². The zero-order valence-electron chi connectivity index (χ0n) is 18.1. The predicted molar refractivity (Wildman–Crippen MR) is 128 cm³/mol. The second kappa shape index (κ2) is 8.38. The molecule has 2 heterocycles. The molecule has 0 aliphatic carbocycles. The normalized spacial score (nSPS) is 12.8. The molecule has 0 spiro atoms. The molecule has 0 radical (unpaired) electrons. The van der Waals surface area contributed by atoms with E-state index >= 15 is 0 Å². The van der Waals surface area contributed by atoms with Gasteiger partial charge in [-0.15, -0.1) is 0 Å². The molecule has 1 aromatic heterocycles. The lowest BCUT2D eigenvalue weighted by Crippen LogP contribution is -2.29. The van der Waals surface area contributed by atoms with Gasteiger partial charge in [-0.1, -0.05) is 48.5 Å². The number of aromatic nitrogens is 2. The van der Waals surface area contributed by atoms with E-state index in [1.54, 1.807) is 9.13 Å². The molecular weight excluding hydrogens is 400 g/mol. The van der Waals surface area contributed by atoms with Crippen molar-refractivity contribution < 1.29 is 4.79 Å². The first kappa shape index (κ1) is 20.1. The molecule has 3 aromatic carbocycles. The number of anilines is 2. The summed E-state index contributed by atoms with van der Waals surface area (Å²) < 4.78 is 3.24. The van der Waals surface area contributed by atoms with Gasteiger partial charge in [0.15, 0.2) is 0 Å². The Morgan fingerprint density at radius 1 is 0.906 bits per heavy atom. The van der Waals surface area contributed by atoms with Crippen LogP contribution in [0.4, 0.5) is 11.4 Å². The van der Waals surface area contributed by atoms with Crippen LogP contribution in [0.3, 0.4) is 0 Å². The molecule has 1 N–H and O–H groups in total. The van der Waals surface area contributed by atoms with Crippen LogP contribution in [-0.4, -0.2) is 21.6 Å². The maximum Gasteiger partial charge on any atom is 0.329 e. The predicted octanol–water partition coefficient (Wildman–Crippen LogP) is 4.02. The highest BCUT2D eigenvalue weighted by molar-refractivity contribution is 5.92. The molecule has 0 atom stereocenters. The van der Waals surface area contributed by atoms with Crippen molar-refractivity contribution in [2.45, 2.75) is 33.0 Å². The minimum Gasteiger partial charge on any atom is -0.367 e. The zero-order chi connectivity index (χ0) is 22.1. The first-order valence-corrected chi connectivity index (χ1v) is 11.0. The highest BCUT2D eigenvalue weighted by Gasteiger charge is 2.20. The maximum atomic E-state index is 13.0. The highest BCUT2D eigenvalue weighted by Crippen LogP contribution is 2.30. The fourth-order valence-corrected chi connectivity index (χ4v) is 4.62. The number of nitrogens with zero attached hydrogens (tertiary/aromatic N) is 3. The van der Waals surface area contributed by atoms with Crippen LogP contribution in [0.15, 0.2) is 77.6 Å². The molecular formula is C26H26N4O2. The summed E-state index contributed by atoms with van der Waals surface area (Å²) in [6, 6.07) is 23.9. The summed E-state index contributed by atoms with van der Waals surface area (Å²) in [6.45, 7) is 4.17. The molecule has 0 fully saturated rings. The van der Waals surface area contributed by atoms with Crippen LogP contribution in [-0.2, 0) is 30.8 Å². The average molecular weight is 427 g/mol. The number of fused-ring (bicyclic) bond motifs is 2. The first-order chi connectivity index (χ1) is 15.7. The molecule has 6 heteroatoms. The summed E-state index contributed by atoms with van der Waals surface area (Å²) in [5.41, 5.74) is 5.92. The van der Waals surface area contributed by atoms with Gasteiger partial charge in [-0.25, -0.2) is 4.79 Å². The van der Waals surface area contributed by atoms with E-state index in [2.05, 4.69) is 34.5 Å². The van der Waals surface area contributed by atoms with E-state index in [1.165, 1.54) is 11.3 Å². The number of hydrogen-bond donors (Lipinski definition) is 1. The lowest BCUT2D eigenvalue weighted by Gasteiger charge is -2.21. The lowest BCUT2D eigenvalue weighted by molar-refractivity contribution is -0.116. The molecule has 0 saturated carbocycles. The monoisotopic (exact) mass is 426 g/mol. The first-order valence-electron chi connectivity index (χ1n) is 11.0. The Morgan fingerprint density at radius 3 is 2.41 bits per heavy atom. The van der Waals surface area contributed by atoms with Crippen LogP contribution in [0, 0.1) is 0 Å². The maximum absolute atomic E-state index is 13.0. The zero-order valence-corrected chi connectivity index (χ0v) is 18.1. The average Bonchev–Trinajstić information content (AvgIpc) is 3.34. The van der Waals surface area contributed by atoms with E-state index in [0.717, 1.165) is 41.8 Å². The fourth-order valence-electron chi connectivity index (χ4n) is 4.62. The summed E-state index contributed by atoms with van der Waals surface area (Å²) in [5, 5.41) is 3.04. The quantitative estimate of drug-likeness (QED) is 0.507. The van der Waals surface area contributed by atoms with Gasteiger partial charge in [-0.2, -0.15) is 0 Å². The summed E-state index contributed by atoms with van der Waals surface area (Å²) in [6.07, 6.45) is 1.04. The van der Waals surface area contributed by atoms with Crippen molar-refractivity contribution in [1.82, 2.24) is 9.13 Å². The van der Waals surface area contributed by atoms with E-state index in [-0.39, 0.29) is 18.1 Å². The van der Waals surface area contributed by atoms with Gasteiger partial charge in [0, 0.05) is 31.0 Å². The second-order valence-electron chi connectivity index (χ2n) is 8.11. The SMILES string of the molecule is CCn1c(=O)n(CC(=O)Nc2ccccc2CN2CCc3ccccc32)c2ccccc21. The second-order valence-corrected chi connectivity index (χ2v) is 8.11. The van der Waals surface area contributed by atoms with E-state index in [1.807, 2.05) is 55.5 Å². The minimum absolute atomic E-state index is 0.0206. The van der Waals surface area contributed by atoms with Crippen LogP contribution in [0.2, 0.25) is 0 Å². The minimum atomic E-state index is -0.208. The molecule has 4 aromatic rings. The number of nitrogens with one attached hydrogen (secondary N) is 1. The van der Waals surface area contributed by atoms with Crippen LogP contribution >= 0.6 is 0 Å². The van der Waals surface area contributed by atoms with E-state index < -0.39 is 0 Å². The van der Waals surface area contributed by atoms with Crippen molar-refractivity contribution in [3.63, 3.8) is 0 Å². The summed E-state index contributed by atoms with van der Waals surface area (Å²) in [5.74, 6) is -0.208. The van der Waals surface area contributed by atoms with Gasteiger partial charge in [-0.3, -0.25) is 13.9 Å². The Balaban J connectivity index is 1.37. The molecule has 0 bridgehead atoms. The number of carbonyl (C=O) groups excluding carboxylic acids is 1. The van der Waals surface area contributed by atoms with E-state index in [9.17, 15) is 9.59 Å². The van der Waals surface area contributed by atoms with Gasteiger partial charge in [0.05, 0.1) is 11.0 Å². The lowest BCUT2D eigenvalue weighted by atomic mass is 10.1. The number of imidazole rings is 1. The Hall–Kier alpha value is -3.80. The van der Waals surface area contributed by atoms with Crippen molar-refractivity contribution in [2.75, 3.05) is 16.8 Å². The molecule has 1 aliphatic rings. The van der Waals surface area contributed by atoms with Gasteiger partial charge in [0.25, 0.3) is 0 Å². The molecule has 0 unspecified atom stereocenters. The molecule has 1 amide bonds. The van der Waals surface area contributed by atoms with E-state index in [0.29, 0.717) is 6.54 Å². The van der Waals surface area contributed by atoms with Crippen molar-refractivity contribution >= 4 is 28.3 Å². The van der Waals surface area contributed by atoms with Gasteiger partial charge in [0.2, 0.25) is 5.91 Å². The summed E-state index contributed by atoms with van der Waals surface area (Å²) in [4.78, 5) is 28.2. The van der Waals surface area contributed by atoms with Crippen LogP contribution < -0.4 is 15.9 Å². The van der Waals surface area contributed by atoms with Crippen molar-refractivity contribution in [1.29, 1.82) is 0 Å². The molecule has 6 nitrogen and oxygen atoms in total. The Kier molecular flexibility index (Phi) is 5.27. The van der Waals surface area contributed by atoms with Gasteiger partial charge in [0.1, 0.15) is 6.54 Å². The van der Waals surface area contributed by atoms with Crippen molar-refractivity contribution in [3.8, 4) is 0 Å². The fraction of sp³-hybridized carbons (Fsp3) is 0.231. The standard InChI is InChI=1S/C26H26N4O2/c1-2-29-23-13-7-8-14-24(23)30(26(29)32)18-25(31)27-21-11-5-3-10-20(21)17-28-16-15-19-9-4-6-12-22(19)28/h3-14H,2,15-18H2,1H3,(H,27,31). The third-order valence-corrected chi connectivity index (χ3v) is 6.18. The van der Waals surface area contributed by atoms with Crippen molar-refractivity contribution in [3.05, 3.63) is 94.4 Å². The van der Waals surface area contributed by atoms with Gasteiger partial charge in [-0.05, 0) is 48.7 Å². The number of rotatable bonds is 6. The molecule has 32 heavy (non-hydrogen) atoms. The molecule has 0 saturated heterocycles. The third-order valence-electron chi connectivity index (χ3n) is 6.18. The summed E-state index contributed by atoms with van der Waals surface area (Å²) in [7, 11) is 0. The molecule has 162 valence electrons. The van der Waals surface area contributed by atoms with Crippen LogP contribution in [0.25, 0.3) is 11.0 Å². The number of amides is 1. The summed E-state index contributed by atoms with van der Waals surface area (Å²) >= 11 is 0. The number of carbonyl (C=O) groups is 1. The number of benzene rings is 3.